The second-order valence-corrected chi connectivity index (χ2v) is 3.21. The van der Waals surface area contributed by atoms with Gasteiger partial charge in [-0.15, -0.1) is 0 Å². The van der Waals surface area contributed by atoms with E-state index in [-0.39, 0.29) is 0 Å². The smallest absolute Gasteiger partial charge is 0.248 e. The van der Waals surface area contributed by atoms with E-state index in [2.05, 4.69) is 5.32 Å². The van der Waals surface area contributed by atoms with Crippen LogP contribution in [-0.4, -0.2) is 26.1 Å². The van der Waals surface area contributed by atoms with Gasteiger partial charge in [-0.3, -0.25) is 4.79 Å². The van der Waals surface area contributed by atoms with Crippen molar-refractivity contribution in [2.45, 2.75) is 0 Å². The number of benzene rings is 1. The number of ether oxygens (including phenoxy) is 2. The van der Waals surface area contributed by atoms with Crippen LogP contribution in [0, 0.1) is 0 Å². The molecule has 6 nitrogen and oxygen atoms in total. The van der Waals surface area contributed by atoms with Crippen LogP contribution in [0.25, 0.3) is 0 Å². The molecule has 0 aliphatic heterocycles. The Kier molecular flexibility index (Phi) is 4.74. The quantitative estimate of drug-likeness (QED) is 0.740. The summed E-state index contributed by atoms with van der Waals surface area (Å²) >= 11 is 0. The van der Waals surface area contributed by atoms with Crippen LogP contribution in [0.3, 0.4) is 0 Å². The molecule has 0 aromatic heterocycles. The number of methoxy groups -OCH3 is 2. The first-order valence-electron chi connectivity index (χ1n) is 4.99. The van der Waals surface area contributed by atoms with E-state index in [4.69, 9.17) is 9.47 Å². The number of aliphatic carboxylic acids is 1. The first-order chi connectivity index (χ1) is 8.56. The fraction of sp³-hybridized carbons (Fsp3) is 0.167. The molecule has 0 aliphatic carbocycles. The van der Waals surface area contributed by atoms with Crippen LogP contribution in [0.4, 0.5) is 5.69 Å². The van der Waals surface area contributed by atoms with Gasteiger partial charge in [0.15, 0.2) is 11.5 Å². The van der Waals surface area contributed by atoms with Crippen molar-refractivity contribution in [1.29, 1.82) is 0 Å². The molecule has 0 fully saturated rings. The lowest BCUT2D eigenvalue weighted by atomic mass is 10.2. The van der Waals surface area contributed by atoms with Crippen molar-refractivity contribution in [3.05, 3.63) is 30.4 Å². The molecule has 0 radical (unpaired) electrons. The second-order valence-electron chi connectivity index (χ2n) is 3.21. The van der Waals surface area contributed by atoms with E-state index in [9.17, 15) is 14.7 Å². The van der Waals surface area contributed by atoms with Gasteiger partial charge in [-0.05, 0) is 18.2 Å². The Morgan fingerprint density at radius 1 is 1.17 bits per heavy atom. The normalized spacial score (nSPS) is 10.1. The summed E-state index contributed by atoms with van der Waals surface area (Å²) in [5.74, 6) is -1.02. The highest BCUT2D eigenvalue weighted by molar-refractivity contribution is 6.02. The lowest BCUT2D eigenvalue weighted by molar-refractivity contribution is -0.297. The number of rotatable bonds is 5. The summed E-state index contributed by atoms with van der Waals surface area (Å²) in [7, 11) is 2.97. The molecule has 0 heterocycles. The molecule has 1 aromatic rings. The van der Waals surface area contributed by atoms with Gasteiger partial charge in [-0.25, -0.2) is 0 Å². The third-order valence-electron chi connectivity index (χ3n) is 2.02. The number of nitrogens with one attached hydrogen (secondary N) is 1. The van der Waals surface area contributed by atoms with E-state index >= 15 is 0 Å². The maximum atomic E-state index is 11.3. The van der Waals surface area contributed by atoms with Gasteiger partial charge >= 0.3 is 0 Å². The van der Waals surface area contributed by atoms with Crippen molar-refractivity contribution >= 4 is 17.6 Å². The number of anilines is 1. The molecule has 0 saturated heterocycles. The minimum atomic E-state index is -1.43. The monoisotopic (exact) mass is 250 g/mol. The number of carboxylic acids is 1. The number of carboxylic acid groups (broad SMARTS) is 1. The number of carbonyl (C=O) groups excluding carboxylic acids is 2. The van der Waals surface area contributed by atoms with Crippen LogP contribution in [0.2, 0.25) is 0 Å². The SMILES string of the molecule is COc1ccc(NC(=O)/C=C/C(=O)[O-])cc1OC. The van der Waals surface area contributed by atoms with Crippen LogP contribution >= 0.6 is 0 Å². The van der Waals surface area contributed by atoms with Crippen molar-refractivity contribution in [1.82, 2.24) is 0 Å². The fourth-order valence-corrected chi connectivity index (χ4v) is 1.24. The molecule has 6 heteroatoms. The van der Waals surface area contributed by atoms with Gasteiger partial charge in [0.25, 0.3) is 0 Å². The molecule has 0 spiro atoms. The Bertz CT molecular complexity index is 481. The van der Waals surface area contributed by atoms with Crippen LogP contribution in [0.1, 0.15) is 0 Å². The Morgan fingerprint density at radius 2 is 1.83 bits per heavy atom. The van der Waals surface area contributed by atoms with Crippen molar-refractivity contribution in [2.75, 3.05) is 19.5 Å². The first kappa shape index (κ1) is 13.6. The van der Waals surface area contributed by atoms with Crippen LogP contribution in [0.5, 0.6) is 11.5 Å². The number of hydrogen-bond acceptors (Lipinski definition) is 5. The predicted molar refractivity (Wildman–Crippen MR) is 62.3 cm³/mol. The Hall–Kier alpha value is -2.50. The summed E-state index contributed by atoms with van der Waals surface area (Å²) in [5, 5.41) is 12.6. The molecule has 1 rings (SSSR count). The predicted octanol–water partition coefficient (Wildman–Crippen LogP) is -0.0516. The molecule has 1 N–H and O–H groups in total. The van der Waals surface area contributed by atoms with Crippen molar-refractivity contribution < 1.29 is 24.2 Å². The first-order valence-corrected chi connectivity index (χ1v) is 4.99. The van der Waals surface area contributed by atoms with E-state index in [1.807, 2.05) is 0 Å². The molecule has 0 atom stereocenters. The summed E-state index contributed by atoms with van der Waals surface area (Å²) in [5.41, 5.74) is 0.459. The lowest BCUT2D eigenvalue weighted by Crippen LogP contribution is -2.20. The van der Waals surface area contributed by atoms with E-state index in [1.54, 1.807) is 18.2 Å². The van der Waals surface area contributed by atoms with E-state index in [0.717, 1.165) is 6.08 Å². The van der Waals surface area contributed by atoms with Gasteiger partial charge < -0.3 is 24.7 Å². The largest absolute Gasteiger partial charge is 0.545 e. The minimum absolute atomic E-state index is 0.458. The molecular weight excluding hydrogens is 238 g/mol. The van der Waals surface area contributed by atoms with Gasteiger partial charge in [-0.2, -0.15) is 0 Å². The molecule has 1 aromatic carbocycles. The topological polar surface area (TPSA) is 87.7 Å². The second kappa shape index (κ2) is 6.29. The average Bonchev–Trinajstić information content (AvgIpc) is 2.36. The minimum Gasteiger partial charge on any atom is -0.545 e. The Labute approximate surface area is 104 Å². The van der Waals surface area contributed by atoms with Crippen molar-refractivity contribution in [3.63, 3.8) is 0 Å². The standard InChI is InChI=1S/C12H13NO5/c1-17-9-4-3-8(7-10(9)18-2)13-11(14)5-6-12(15)16/h3-7H,1-2H3,(H,13,14)(H,15,16)/p-1/b6-5+. The summed E-state index contributed by atoms with van der Waals surface area (Å²) in [4.78, 5) is 21.4. The molecule has 0 unspecified atom stereocenters. The third-order valence-corrected chi connectivity index (χ3v) is 2.02. The molecule has 1 amide bonds. The zero-order chi connectivity index (χ0) is 13.5. The summed E-state index contributed by atoms with van der Waals surface area (Å²) in [6.07, 6.45) is 1.52. The Balaban J connectivity index is 2.79. The lowest BCUT2D eigenvalue weighted by Gasteiger charge is -2.09. The molecule has 96 valence electrons. The van der Waals surface area contributed by atoms with E-state index < -0.39 is 11.9 Å². The van der Waals surface area contributed by atoms with Gasteiger partial charge in [0.2, 0.25) is 5.91 Å². The Morgan fingerprint density at radius 3 is 2.39 bits per heavy atom. The molecule has 0 bridgehead atoms. The maximum absolute atomic E-state index is 11.3. The molecular formula is C12H12NO5-. The highest BCUT2D eigenvalue weighted by Crippen LogP contribution is 2.29. The highest BCUT2D eigenvalue weighted by Gasteiger charge is 2.05. The zero-order valence-electron chi connectivity index (χ0n) is 9.93. The van der Waals surface area contributed by atoms with Crippen LogP contribution in [-0.2, 0) is 9.59 Å². The van der Waals surface area contributed by atoms with Gasteiger partial charge in [0.1, 0.15) is 0 Å². The van der Waals surface area contributed by atoms with Gasteiger partial charge in [0, 0.05) is 17.8 Å². The van der Waals surface area contributed by atoms with Crippen molar-refractivity contribution in [2.24, 2.45) is 0 Å². The van der Waals surface area contributed by atoms with Crippen LogP contribution in [0.15, 0.2) is 30.4 Å². The fourth-order valence-electron chi connectivity index (χ4n) is 1.24. The van der Waals surface area contributed by atoms with E-state index in [1.165, 1.54) is 14.2 Å². The number of hydrogen-bond donors (Lipinski definition) is 1. The van der Waals surface area contributed by atoms with Crippen molar-refractivity contribution in [3.8, 4) is 11.5 Å². The van der Waals surface area contributed by atoms with Gasteiger partial charge in [-0.1, -0.05) is 0 Å². The average molecular weight is 250 g/mol. The molecule has 18 heavy (non-hydrogen) atoms. The van der Waals surface area contributed by atoms with Gasteiger partial charge in [0.05, 0.1) is 20.2 Å². The summed E-state index contributed by atoms with van der Waals surface area (Å²) in [6.45, 7) is 0. The highest BCUT2D eigenvalue weighted by atomic mass is 16.5. The van der Waals surface area contributed by atoms with Crippen LogP contribution < -0.4 is 19.9 Å². The van der Waals surface area contributed by atoms with E-state index in [0.29, 0.717) is 23.3 Å². The third kappa shape index (κ3) is 3.82. The molecule has 0 saturated carbocycles. The number of carbonyl (C=O) groups is 2. The maximum Gasteiger partial charge on any atom is 0.248 e. The summed E-state index contributed by atoms with van der Waals surface area (Å²) < 4.78 is 10.1. The summed E-state index contributed by atoms with van der Waals surface area (Å²) in [6, 6.07) is 4.78. The zero-order valence-corrected chi connectivity index (χ0v) is 9.93. The molecule has 0 aliphatic rings. The number of amides is 1.